The third-order valence-electron chi connectivity index (χ3n) is 8.36. The zero-order chi connectivity index (χ0) is 31.7. The quantitative estimate of drug-likeness (QED) is 0.0778. The van der Waals surface area contributed by atoms with Gasteiger partial charge in [0.2, 0.25) is 0 Å². The van der Waals surface area contributed by atoms with Crippen molar-refractivity contribution in [3.63, 3.8) is 0 Å². The summed E-state index contributed by atoms with van der Waals surface area (Å²) in [6.07, 6.45) is 20.4. The normalized spacial score (nSPS) is 12.6. The van der Waals surface area contributed by atoms with Crippen LogP contribution in [0.4, 0.5) is 0 Å². The molecule has 0 amide bonds. The van der Waals surface area contributed by atoms with Gasteiger partial charge in [-0.15, -0.1) is 0 Å². The van der Waals surface area contributed by atoms with Gasteiger partial charge in [-0.3, -0.25) is 0 Å². The molecular weight excluding hydrogens is 563 g/mol. The first kappa shape index (κ1) is 35.5. The van der Waals surface area contributed by atoms with Gasteiger partial charge < -0.3 is 0 Å². The average molecular weight is 619 g/mol. The molecule has 0 fully saturated rings. The third kappa shape index (κ3) is 10.0. The van der Waals surface area contributed by atoms with E-state index in [1.807, 2.05) is 93.6 Å². The van der Waals surface area contributed by atoms with Gasteiger partial charge >= 0.3 is 222 Å². The Hall–Kier alpha value is -2.94. The number of hydrogen-bond acceptors (Lipinski definition) is 4. The Bertz CT molecular complexity index is 1290. The Labute approximate surface area is 267 Å². The topological polar surface area (TPSA) is 55.8 Å². The first-order valence-electron chi connectivity index (χ1n) is 16.8. The second-order valence-electron chi connectivity index (χ2n) is 12.1. The summed E-state index contributed by atoms with van der Waals surface area (Å²) in [5, 5.41) is 1.02. The maximum atomic E-state index is 13.6. The van der Waals surface area contributed by atoms with Crippen LogP contribution in [-0.2, 0) is 9.32 Å². The SMILES string of the molecule is CCCCCCCC/C=C\CCCCCCCC(=O)OP(O)(Oc1ccccc1C)(c1ccccc1C)c1ccccc1C. The minimum absolute atomic E-state index is 0.228. The molecule has 0 spiro atoms. The molecule has 5 heteroatoms. The van der Waals surface area contributed by atoms with Crippen molar-refractivity contribution in [2.24, 2.45) is 0 Å². The first-order valence-corrected chi connectivity index (χ1v) is 18.8. The van der Waals surface area contributed by atoms with Gasteiger partial charge in [0.05, 0.1) is 0 Å². The third-order valence-corrected chi connectivity index (χ3v) is 12.1. The molecule has 240 valence electrons. The molecule has 0 aromatic heterocycles. The monoisotopic (exact) mass is 618 g/mol. The van der Waals surface area contributed by atoms with Crippen molar-refractivity contribution >= 4 is 23.9 Å². The van der Waals surface area contributed by atoms with Crippen LogP contribution in [0.5, 0.6) is 5.75 Å². The molecular formula is C39H55O4P. The van der Waals surface area contributed by atoms with Crippen molar-refractivity contribution in [2.45, 2.75) is 118 Å². The van der Waals surface area contributed by atoms with Crippen LogP contribution in [0.2, 0.25) is 0 Å². The molecule has 44 heavy (non-hydrogen) atoms. The number of aryl methyl sites for hydroxylation is 3. The van der Waals surface area contributed by atoms with E-state index in [0.29, 0.717) is 22.8 Å². The zero-order valence-corrected chi connectivity index (χ0v) is 28.5. The van der Waals surface area contributed by atoms with Gasteiger partial charge in [0.25, 0.3) is 0 Å². The summed E-state index contributed by atoms with van der Waals surface area (Å²) in [5.74, 6) is 0.0517. The second-order valence-corrected chi connectivity index (χ2v) is 15.3. The van der Waals surface area contributed by atoms with Gasteiger partial charge in [0, 0.05) is 0 Å². The van der Waals surface area contributed by atoms with Gasteiger partial charge in [-0.05, 0) is 6.42 Å². The van der Waals surface area contributed by atoms with E-state index < -0.39 is 13.3 Å². The molecule has 1 N–H and O–H groups in total. The molecule has 0 unspecified atom stereocenters. The van der Waals surface area contributed by atoms with Gasteiger partial charge in [0.15, 0.2) is 0 Å². The Morgan fingerprint density at radius 1 is 0.636 bits per heavy atom. The van der Waals surface area contributed by atoms with Crippen LogP contribution in [0.25, 0.3) is 0 Å². The summed E-state index contributed by atoms with van der Waals surface area (Å²) in [6, 6.07) is 22.6. The van der Waals surface area contributed by atoms with Crippen LogP contribution < -0.4 is 15.1 Å². The van der Waals surface area contributed by atoms with Crippen molar-refractivity contribution in [3.8, 4) is 5.75 Å². The molecule has 0 heterocycles. The van der Waals surface area contributed by atoms with Crippen LogP contribution >= 0.6 is 7.28 Å². The minimum atomic E-state index is -4.96. The molecule has 0 bridgehead atoms. The van der Waals surface area contributed by atoms with E-state index in [1.54, 1.807) is 0 Å². The predicted octanol–water partition coefficient (Wildman–Crippen LogP) is 10.5. The number of hydrogen-bond donors (Lipinski definition) is 1. The molecule has 0 radical (unpaired) electrons. The second kappa shape index (κ2) is 18.1. The van der Waals surface area contributed by atoms with Gasteiger partial charge in [-0.25, -0.2) is 0 Å². The summed E-state index contributed by atoms with van der Waals surface area (Å²) < 4.78 is 13.0. The standard InChI is InChI=1S/C39H55O4P/c1-5-6-7-8-9-10-11-12-13-14-15-16-17-18-19-32-39(40)43-44(41,37-30-24-21-27-34(37)3,38-31-25-22-28-35(38)4)42-36-29-23-20-26-33(36)2/h12-13,20-31,41H,5-11,14-19,32H2,1-4H3/b13-12-. The van der Waals surface area contributed by atoms with E-state index in [0.717, 1.165) is 42.4 Å². The van der Waals surface area contributed by atoms with Gasteiger partial charge in [-0.2, -0.15) is 0 Å². The van der Waals surface area contributed by atoms with E-state index in [1.165, 1.54) is 51.4 Å². The maximum absolute atomic E-state index is 13.6. The van der Waals surface area contributed by atoms with Crippen LogP contribution in [0.15, 0.2) is 84.9 Å². The van der Waals surface area contributed by atoms with Crippen LogP contribution in [-0.4, -0.2) is 10.9 Å². The summed E-state index contributed by atoms with van der Waals surface area (Å²) in [6.45, 7) is 8.03. The summed E-state index contributed by atoms with van der Waals surface area (Å²) in [7, 11) is -4.96. The van der Waals surface area contributed by atoms with E-state index in [-0.39, 0.29) is 6.42 Å². The molecule has 0 atom stereocenters. The number of carbonyl (C=O) groups is 1. The fraction of sp³-hybridized carbons (Fsp3) is 0.462. The van der Waals surface area contributed by atoms with Gasteiger partial charge in [0.1, 0.15) is 0 Å². The molecule has 4 nitrogen and oxygen atoms in total. The number of carbonyl (C=O) groups excluding carboxylic acids is 1. The number of rotatable bonds is 20. The van der Waals surface area contributed by atoms with Crippen molar-refractivity contribution in [1.29, 1.82) is 0 Å². The van der Waals surface area contributed by atoms with Crippen molar-refractivity contribution < 1.29 is 18.7 Å². The van der Waals surface area contributed by atoms with Crippen molar-refractivity contribution in [3.05, 3.63) is 102 Å². The van der Waals surface area contributed by atoms with E-state index in [2.05, 4.69) is 19.1 Å². The van der Waals surface area contributed by atoms with Crippen LogP contribution in [0.1, 0.15) is 114 Å². The van der Waals surface area contributed by atoms with Crippen molar-refractivity contribution in [1.82, 2.24) is 0 Å². The molecule has 3 rings (SSSR count). The van der Waals surface area contributed by atoms with E-state index in [9.17, 15) is 9.69 Å². The first-order chi connectivity index (χ1) is 21.3. The molecule has 0 aliphatic rings. The molecule has 3 aromatic carbocycles. The number of unbranched alkanes of at least 4 members (excludes halogenated alkanes) is 11. The fourth-order valence-electron chi connectivity index (χ4n) is 5.77. The Morgan fingerprint density at radius 2 is 1.09 bits per heavy atom. The molecule has 0 aliphatic carbocycles. The summed E-state index contributed by atoms with van der Waals surface area (Å²) in [4.78, 5) is 26.7. The molecule has 0 saturated heterocycles. The number of allylic oxidation sites excluding steroid dienone is 2. The average Bonchev–Trinajstić information content (AvgIpc) is 3.00. The summed E-state index contributed by atoms with van der Waals surface area (Å²) in [5.41, 5.74) is 2.46. The Kier molecular flexibility index (Phi) is 14.6. The predicted molar refractivity (Wildman–Crippen MR) is 188 cm³/mol. The summed E-state index contributed by atoms with van der Waals surface area (Å²) >= 11 is 0. The van der Waals surface area contributed by atoms with Crippen molar-refractivity contribution in [2.75, 3.05) is 0 Å². The van der Waals surface area contributed by atoms with Crippen LogP contribution in [0.3, 0.4) is 0 Å². The number of para-hydroxylation sites is 1. The molecule has 0 aliphatic heterocycles. The van der Waals surface area contributed by atoms with Gasteiger partial charge in [-0.1, -0.05) is 39.0 Å². The Balaban J connectivity index is 1.63. The Morgan fingerprint density at radius 3 is 1.61 bits per heavy atom. The molecule has 3 aromatic rings. The van der Waals surface area contributed by atoms with E-state index in [4.69, 9.17) is 9.05 Å². The zero-order valence-electron chi connectivity index (χ0n) is 27.6. The number of benzene rings is 3. The van der Waals surface area contributed by atoms with Crippen LogP contribution in [0, 0.1) is 20.8 Å². The fourth-order valence-corrected chi connectivity index (χ4v) is 9.59. The van der Waals surface area contributed by atoms with E-state index >= 15 is 0 Å². The molecule has 0 saturated carbocycles.